The summed E-state index contributed by atoms with van der Waals surface area (Å²) in [4.78, 5) is 32.2. The van der Waals surface area contributed by atoms with E-state index in [1.807, 2.05) is 62.6 Å². The quantitative estimate of drug-likeness (QED) is 0.585. The number of allylic oxidation sites excluding steroid dienone is 1. The first kappa shape index (κ1) is 26.6. The molecule has 0 unspecified atom stereocenters. The van der Waals surface area contributed by atoms with Crippen LogP contribution in [0, 0.1) is 6.92 Å². The number of amides is 1. The van der Waals surface area contributed by atoms with Crippen LogP contribution < -0.4 is 4.74 Å². The lowest BCUT2D eigenvalue weighted by atomic mass is 9.73. The van der Waals surface area contributed by atoms with Gasteiger partial charge in [0.25, 0.3) is 5.91 Å². The Hall–Kier alpha value is -2.48. The molecule has 198 valence electrons. The van der Waals surface area contributed by atoms with Gasteiger partial charge in [-0.15, -0.1) is 0 Å². The van der Waals surface area contributed by atoms with Crippen molar-refractivity contribution in [3.63, 3.8) is 0 Å². The summed E-state index contributed by atoms with van der Waals surface area (Å²) >= 11 is 0. The van der Waals surface area contributed by atoms with Gasteiger partial charge in [0, 0.05) is 43.2 Å². The van der Waals surface area contributed by atoms with Crippen molar-refractivity contribution in [2.24, 2.45) is 0 Å². The summed E-state index contributed by atoms with van der Waals surface area (Å²) in [6, 6.07) is 5.47. The van der Waals surface area contributed by atoms with Gasteiger partial charge in [-0.05, 0) is 84.7 Å². The van der Waals surface area contributed by atoms with E-state index in [1.165, 1.54) is 0 Å². The first-order valence-electron chi connectivity index (χ1n) is 12.9. The molecule has 0 saturated carbocycles. The van der Waals surface area contributed by atoms with Crippen molar-refractivity contribution in [1.82, 2.24) is 14.7 Å². The molecule has 1 amide bonds. The predicted molar refractivity (Wildman–Crippen MR) is 135 cm³/mol. The van der Waals surface area contributed by atoms with Crippen LogP contribution in [-0.4, -0.2) is 82.2 Å². The predicted octanol–water partition coefficient (Wildman–Crippen LogP) is 4.66. The Bertz CT molecular complexity index is 1070. The molecule has 0 radical (unpaired) electrons. The first-order chi connectivity index (χ1) is 16.7. The maximum Gasteiger partial charge on any atom is 0.308 e. The number of fused-ring (bicyclic) bond motifs is 2. The largest absolute Gasteiger partial charge is 0.491 e. The van der Waals surface area contributed by atoms with Crippen LogP contribution >= 0.6 is 0 Å². The number of carbonyl (C=O) groups is 2. The van der Waals surface area contributed by atoms with Crippen LogP contribution in [0.3, 0.4) is 0 Å². The number of hydrogen-bond acceptors (Lipinski definition) is 5. The second kappa shape index (κ2) is 9.12. The van der Waals surface area contributed by atoms with Gasteiger partial charge in [-0.2, -0.15) is 8.78 Å². The highest BCUT2D eigenvalue weighted by atomic mass is 19.3. The van der Waals surface area contributed by atoms with E-state index >= 15 is 0 Å². The highest BCUT2D eigenvalue weighted by Crippen LogP contribution is 2.48. The van der Waals surface area contributed by atoms with Crippen LogP contribution in [0.5, 0.6) is 5.75 Å². The third-order valence-corrected chi connectivity index (χ3v) is 8.09. The molecule has 0 N–H and O–H groups in total. The summed E-state index contributed by atoms with van der Waals surface area (Å²) < 4.78 is 33.9. The van der Waals surface area contributed by atoms with Crippen molar-refractivity contribution in [3.8, 4) is 5.75 Å². The SMILES string of the molecule is Cc1cc(C(=O)N2CCC3(CC2)[C@H]2CC=C(C(=O)C(C)(F)F)N2C(C)(C)CN3C)ccc1OC(C)C. The van der Waals surface area contributed by atoms with Crippen molar-refractivity contribution >= 4 is 11.7 Å². The Kier molecular flexibility index (Phi) is 6.73. The van der Waals surface area contributed by atoms with Crippen LogP contribution in [0.2, 0.25) is 0 Å². The zero-order valence-corrected chi connectivity index (χ0v) is 22.5. The summed E-state index contributed by atoms with van der Waals surface area (Å²) in [5.74, 6) is -3.74. The molecule has 2 saturated heterocycles. The Labute approximate surface area is 213 Å². The summed E-state index contributed by atoms with van der Waals surface area (Å²) in [6.07, 6.45) is 3.75. The third-order valence-electron chi connectivity index (χ3n) is 8.09. The fourth-order valence-electron chi connectivity index (χ4n) is 6.46. The van der Waals surface area contributed by atoms with Crippen LogP contribution in [0.25, 0.3) is 0 Å². The molecule has 1 atom stereocenters. The Morgan fingerprint density at radius 3 is 2.36 bits per heavy atom. The number of piperidine rings is 1. The van der Waals surface area contributed by atoms with Crippen LogP contribution in [0.15, 0.2) is 30.0 Å². The van der Waals surface area contributed by atoms with Gasteiger partial charge in [-0.3, -0.25) is 14.5 Å². The minimum Gasteiger partial charge on any atom is -0.491 e. The Morgan fingerprint density at radius 1 is 1.17 bits per heavy atom. The molecule has 3 aliphatic heterocycles. The van der Waals surface area contributed by atoms with Crippen molar-refractivity contribution in [2.75, 3.05) is 26.7 Å². The van der Waals surface area contributed by atoms with E-state index in [2.05, 4.69) is 11.9 Å². The minimum absolute atomic E-state index is 0.00858. The molecule has 3 aliphatic rings. The fraction of sp³-hybridized carbons (Fsp3) is 0.643. The number of Topliss-reactive ketones (excluding diaryl/α,β-unsaturated/α-hetero) is 1. The summed E-state index contributed by atoms with van der Waals surface area (Å²) in [7, 11) is 2.08. The number of ketones is 1. The zero-order valence-electron chi connectivity index (χ0n) is 22.5. The topological polar surface area (TPSA) is 53.1 Å². The van der Waals surface area contributed by atoms with Gasteiger partial charge in [0.1, 0.15) is 5.75 Å². The van der Waals surface area contributed by atoms with Gasteiger partial charge >= 0.3 is 5.92 Å². The number of halogens is 2. The average Bonchev–Trinajstić information content (AvgIpc) is 3.24. The van der Waals surface area contributed by atoms with Crippen molar-refractivity contribution in [1.29, 1.82) is 0 Å². The number of ether oxygens (including phenoxy) is 1. The van der Waals surface area contributed by atoms with E-state index in [0.717, 1.165) is 24.2 Å². The molecule has 1 spiro atoms. The lowest BCUT2D eigenvalue weighted by Crippen LogP contribution is -2.74. The molecule has 1 aromatic rings. The second-order valence-corrected chi connectivity index (χ2v) is 11.6. The Balaban J connectivity index is 1.52. The Morgan fingerprint density at radius 2 is 1.81 bits per heavy atom. The molecule has 0 bridgehead atoms. The number of benzene rings is 1. The highest BCUT2D eigenvalue weighted by Gasteiger charge is 2.58. The number of carbonyl (C=O) groups excluding carboxylic acids is 2. The molecule has 1 aromatic carbocycles. The van der Waals surface area contributed by atoms with Gasteiger partial charge in [0.15, 0.2) is 0 Å². The fourth-order valence-corrected chi connectivity index (χ4v) is 6.46. The zero-order chi connectivity index (χ0) is 26.6. The van der Waals surface area contributed by atoms with Crippen LogP contribution in [-0.2, 0) is 4.79 Å². The maximum absolute atomic E-state index is 14.0. The van der Waals surface area contributed by atoms with E-state index in [-0.39, 0.29) is 29.3 Å². The van der Waals surface area contributed by atoms with E-state index in [0.29, 0.717) is 38.5 Å². The van der Waals surface area contributed by atoms with E-state index in [1.54, 1.807) is 6.08 Å². The summed E-state index contributed by atoms with van der Waals surface area (Å²) in [5.41, 5.74) is 0.953. The van der Waals surface area contributed by atoms with E-state index in [4.69, 9.17) is 4.74 Å². The van der Waals surface area contributed by atoms with E-state index in [9.17, 15) is 18.4 Å². The molecular formula is C28H39F2N3O3. The van der Waals surface area contributed by atoms with Crippen LogP contribution in [0.1, 0.15) is 69.8 Å². The summed E-state index contributed by atoms with van der Waals surface area (Å²) in [6.45, 7) is 12.4. The lowest BCUT2D eigenvalue weighted by molar-refractivity contribution is -0.144. The normalized spacial score (nSPS) is 23.6. The molecule has 8 heteroatoms. The second-order valence-electron chi connectivity index (χ2n) is 11.6. The number of hydrogen-bond donors (Lipinski definition) is 0. The van der Waals surface area contributed by atoms with Crippen molar-refractivity contribution in [3.05, 3.63) is 41.1 Å². The monoisotopic (exact) mass is 503 g/mol. The van der Waals surface area contributed by atoms with Crippen molar-refractivity contribution in [2.45, 2.75) is 90.0 Å². The molecular weight excluding hydrogens is 464 g/mol. The molecule has 4 rings (SSSR count). The van der Waals surface area contributed by atoms with Gasteiger partial charge in [0.2, 0.25) is 5.78 Å². The summed E-state index contributed by atoms with van der Waals surface area (Å²) in [5, 5.41) is 0. The van der Waals surface area contributed by atoms with Crippen molar-refractivity contribution < 1.29 is 23.1 Å². The number of nitrogens with zero attached hydrogens (tertiary/aromatic N) is 3. The number of likely N-dealkylation sites (N-methyl/N-ethyl adjacent to an activating group) is 1. The number of piperazine rings is 1. The van der Waals surface area contributed by atoms with Gasteiger partial charge in [-0.25, -0.2) is 0 Å². The highest BCUT2D eigenvalue weighted by molar-refractivity contribution is 6.00. The van der Waals surface area contributed by atoms with Gasteiger partial charge in [0.05, 0.1) is 17.8 Å². The van der Waals surface area contributed by atoms with Gasteiger partial charge in [-0.1, -0.05) is 6.08 Å². The standard InChI is InChI=1S/C28H39F2N3O3/c1-18(2)36-22-10-8-20(16-19(22)3)25(35)32-14-12-28(13-15-32)23-11-9-21(24(34)27(6,29)30)33(23)26(4,5)17-31(28)7/h8-10,16,18,23H,11-15,17H2,1-7H3/t23-/m1/s1. The molecule has 6 nitrogen and oxygen atoms in total. The van der Waals surface area contributed by atoms with E-state index < -0.39 is 17.2 Å². The van der Waals surface area contributed by atoms with Crippen LogP contribution in [0.4, 0.5) is 8.78 Å². The minimum atomic E-state index is -3.41. The third kappa shape index (κ3) is 4.53. The van der Waals surface area contributed by atoms with Gasteiger partial charge < -0.3 is 14.5 Å². The number of likely N-dealkylation sites (tertiary alicyclic amines) is 1. The molecule has 2 fully saturated rings. The first-order valence-corrected chi connectivity index (χ1v) is 12.9. The lowest BCUT2D eigenvalue weighted by Gasteiger charge is -2.62. The molecule has 3 heterocycles. The number of alkyl halides is 2. The maximum atomic E-state index is 14.0. The molecule has 36 heavy (non-hydrogen) atoms. The average molecular weight is 504 g/mol. The number of aryl methyl sites for hydroxylation is 1. The smallest absolute Gasteiger partial charge is 0.308 e. The molecule has 0 aromatic heterocycles. The molecule has 0 aliphatic carbocycles. The number of rotatable bonds is 5.